The standard InChI is InChI=1S/C24H29ClN4O2/c1-13-6-15-8-24(3,12-26)9-16(7-13)29(15)23(30)14(2)18-10-27-22-20(18)21(25)19(11-28-22)31-17-4-5-17/h10-11,13-17H,4-9H2,1-3H3,(H,27,28). The fourth-order valence-corrected chi connectivity index (χ4v) is 5.99. The van der Waals surface area contributed by atoms with Crippen LogP contribution in [-0.4, -0.2) is 39.0 Å². The first-order chi connectivity index (χ1) is 14.8. The van der Waals surface area contributed by atoms with E-state index in [4.69, 9.17) is 16.3 Å². The van der Waals surface area contributed by atoms with Gasteiger partial charge in [0.1, 0.15) is 5.65 Å². The highest BCUT2D eigenvalue weighted by Gasteiger charge is 2.48. The number of aromatic nitrogens is 2. The first-order valence-electron chi connectivity index (χ1n) is 11.3. The highest BCUT2D eigenvalue weighted by Crippen LogP contribution is 2.47. The van der Waals surface area contributed by atoms with Gasteiger partial charge in [0.05, 0.1) is 34.7 Å². The lowest BCUT2D eigenvalue weighted by Crippen LogP contribution is -2.59. The molecule has 3 fully saturated rings. The normalized spacial score (nSPS) is 31.3. The van der Waals surface area contributed by atoms with E-state index in [-0.39, 0.29) is 35.4 Å². The summed E-state index contributed by atoms with van der Waals surface area (Å²) in [5.74, 6) is 0.929. The zero-order valence-corrected chi connectivity index (χ0v) is 19.1. The van der Waals surface area contributed by atoms with Crippen molar-refractivity contribution in [3.63, 3.8) is 0 Å². The Labute approximate surface area is 187 Å². The van der Waals surface area contributed by atoms with Gasteiger partial charge in [0.2, 0.25) is 5.91 Å². The number of rotatable bonds is 4. The van der Waals surface area contributed by atoms with Crippen molar-refractivity contribution in [2.45, 2.75) is 83.4 Å². The number of fused-ring (bicyclic) bond motifs is 3. The predicted octanol–water partition coefficient (Wildman–Crippen LogP) is 5.18. The molecule has 164 valence electrons. The van der Waals surface area contributed by atoms with Gasteiger partial charge in [0.25, 0.3) is 0 Å². The number of nitriles is 1. The van der Waals surface area contributed by atoms with Gasteiger partial charge in [0.15, 0.2) is 5.75 Å². The van der Waals surface area contributed by atoms with Crippen molar-refractivity contribution in [2.75, 3.05) is 0 Å². The van der Waals surface area contributed by atoms with Gasteiger partial charge in [-0.3, -0.25) is 4.79 Å². The second-order valence-electron chi connectivity index (χ2n) is 10.2. The number of aromatic amines is 1. The van der Waals surface area contributed by atoms with Crippen LogP contribution in [0.2, 0.25) is 5.02 Å². The molecular weight excluding hydrogens is 412 g/mol. The van der Waals surface area contributed by atoms with Gasteiger partial charge in [-0.25, -0.2) is 4.98 Å². The van der Waals surface area contributed by atoms with Gasteiger partial charge in [-0.05, 0) is 63.9 Å². The summed E-state index contributed by atoms with van der Waals surface area (Å²) in [6, 6.07) is 2.76. The molecule has 1 N–H and O–H groups in total. The van der Waals surface area contributed by atoms with Crippen molar-refractivity contribution in [2.24, 2.45) is 11.3 Å². The first kappa shape index (κ1) is 20.6. The Morgan fingerprint density at radius 3 is 2.68 bits per heavy atom. The molecule has 5 rings (SSSR count). The summed E-state index contributed by atoms with van der Waals surface area (Å²) in [5, 5.41) is 11.0. The summed E-state index contributed by atoms with van der Waals surface area (Å²) in [6.07, 6.45) is 9.24. The minimum atomic E-state index is -0.353. The number of piperidine rings is 2. The van der Waals surface area contributed by atoms with Crippen LogP contribution in [0.15, 0.2) is 12.4 Å². The van der Waals surface area contributed by atoms with Gasteiger partial charge in [-0.15, -0.1) is 0 Å². The maximum absolute atomic E-state index is 13.8. The molecule has 4 heterocycles. The highest BCUT2D eigenvalue weighted by atomic mass is 35.5. The number of hydrogen-bond acceptors (Lipinski definition) is 4. The van der Waals surface area contributed by atoms with Gasteiger partial charge in [0, 0.05) is 23.7 Å². The number of H-pyrrole nitrogens is 1. The molecule has 1 aliphatic carbocycles. The lowest BCUT2D eigenvalue weighted by molar-refractivity contribution is -0.146. The number of pyridine rings is 1. The van der Waals surface area contributed by atoms with E-state index in [0.717, 1.165) is 49.5 Å². The maximum atomic E-state index is 13.8. The Hall–Kier alpha value is -2.26. The highest BCUT2D eigenvalue weighted by molar-refractivity contribution is 6.37. The van der Waals surface area contributed by atoms with Gasteiger partial charge < -0.3 is 14.6 Å². The van der Waals surface area contributed by atoms with Crippen LogP contribution in [0.25, 0.3) is 11.0 Å². The lowest BCUT2D eigenvalue weighted by Gasteiger charge is -2.53. The monoisotopic (exact) mass is 440 g/mol. The largest absolute Gasteiger partial charge is 0.487 e. The smallest absolute Gasteiger partial charge is 0.230 e. The third-order valence-electron chi connectivity index (χ3n) is 7.32. The number of amides is 1. The fourth-order valence-electron chi connectivity index (χ4n) is 5.70. The topological polar surface area (TPSA) is 82.0 Å². The van der Waals surface area contributed by atoms with E-state index in [0.29, 0.717) is 22.3 Å². The molecule has 3 atom stereocenters. The second-order valence-corrected chi connectivity index (χ2v) is 10.5. The maximum Gasteiger partial charge on any atom is 0.230 e. The Morgan fingerprint density at radius 1 is 1.39 bits per heavy atom. The van der Waals surface area contributed by atoms with Crippen LogP contribution in [0.3, 0.4) is 0 Å². The van der Waals surface area contributed by atoms with Crippen molar-refractivity contribution in [1.29, 1.82) is 5.26 Å². The van der Waals surface area contributed by atoms with Crippen molar-refractivity contribution in [3.05, 3.63) is 23.0 Å². The number of nitrogens with zero attached hydrogens (tertiary/aromatic N) is 3. The molecule has 1 amide bonds. The number of carbonyl (C=O) groups is 1. The molecule has 2 saturated heterocycles. The number of hydrogen-bond donors (Lipinski definition) is 1. The van der Waals surface area contributed by atoms with Crippen LogP contribution < -0.4 is 4.74 Å². The quantitative estimate of drug-likeness (QED) is 0.710. The average Bonchev–Trinajstić information content (AvgIpc) is 3.43. The van der Waals surface area contributed by atoms with Gasteiger partial charge in [-0.2, -0.15) is 5.26 Å². The zero-order chi connectivity index (χ0) is 21.9. The molecule has 2 aromatic rings. The van der Waals surface area contributed by atoms with Crippen LogP contribution in [0, 0.1) is 22.7 Å². The van der Waals surface area contributed by atoms with E-state index in [9.17, 15) is 10.1 Å². The summed E-state index contributed by atoms with van der Waals surface area (Å²) in [5.41, 5.74) is 1.18. The predicted molar refractivity (Wildman–Crippen MR) is 119 cm³/mol. The van der Waals surface area contributed by atoms with E-state index in [1.807, 2.05) is 20.0 Å². The minimum absolute atomic E-state index is 0.118. The number of carbonyl (C=O) groups excluding carboxylic acids is 1. The number of halogens is 1. The molecule has 0 spiro atoms. The molecule has 7 heteroatoms. The summed E-state index contributed by atoms with van der Waals surface area (Å²) in [6.45, 7) is 6.25. The Morgan fingerprint density at radius 2 is 2.06 bits per heavy atom. The van der Waals surface area contributed by atoms with Crippen LogP contribution in [0.4, 0.5) is 0 Å². The molecule has 1 saturated carbocycles. The van der Waals surface area contributed by atoms with Crippen molar-refractivity contribution < 1.29 is 9.53 Å². The second kappa shape index (κ2) is 7.41. The Bertz CT molecular complexity index is 1050. The molecule has 0 aromatic carbocycles. The van der Waals surface area contributed by atoms with Crippen LogP contribution in [-0.2, 0) is 4.79 Å². The summed E-state index contributed by atoms with van der Waals surface area (Å²) >= 11 is 6.72. The summed E-state index contributed by atoms with van der Waals surface area (Å²) in [4.78, 5) is 23.5. The summed E-state index contributed by atoms with van der Waals surface area (Å²) < 4.78 is 5.92. The average molecular weight is 441 g/mol. The Balaban J connectivity index is 1.46. The molecule has 6 nitrogen and oxygen atoms in total. The third kappa shape index (κ3) is 3.57. The van der Waals surface area contributed by atoms with Crippen molar-refractivity contribution in [1.82, 2.24) is 14.9 Å². The van der Waals surface area contributed by atoms with Crippen molar-refractivity contribution >= 4 is 28.5 Å². The van der Waals surface area contributed by atoms with E-state index in [1.54, 1.807) is 6.20 Å². The lowest BCUT2D eigenvalue weighted by atomic mass is 9.67. The van der Waals surface area contributed by atoms with Crippen LogP contribution >= 0.6 is 11.6 Å². The first-order valence-corrected chi connectivity index (χ1v) is 11.7. The molecule has 3 unspecified atom stereocenters. The van der Waals surface area contributed by atoms with E-state index in [2.05, 4.69) is 27.9 Å². The van der Waals surface area contributed by atoms with E-state index >= 15 is 0 Å². The Kier molecular flexibility index (Phi) is 4.93. The summed E-state index contributed by atoms with van der Waals surface area (Å²) in [7, 11) is 0. The van der Waals surface area contributed by atoms with E-state index < -0.39 is 0 Å². The van der Waals surface area contributed by atoms with Crippen molar-refractivity contribution in [3.8, 4) is 11.8 Å². The number of nitrogens with one attached hydrogen (secondary N) is 1. The molecule has 31 heavy (non-hydrogen) atoms. The molecule has 2 aromatic heterocycles. The zero-order valence-electron chi connectivity index (χ0n) is 18.3. The number of ether oxygens (including phenoxy) is 1. The van der Waals surface area contributed by atoms with E-state index in [1.165, 1.54) is 0 Å². The fraction of sp³-hybridized carbons (Fsp3) is 0.625. The molecular formula is C24H29ClN4O2. The molecule has 2 bridgehead atoms. The van der Waals surface area contributed by atoms with Gasteiger partial charge >= 0.3 is 0 Å². The SMILES string of the molecule is CC1CC2CC(C)(C#N)CC(C1)N2C(=O)C(C)c1c[nH]c2ncc(OC3CC3)c(Cl)c12. The molecule has 3 aliphatic rings. The molecule has 0 radical (unpaired) electrons. The van der Waals surface area contributed by atoms with Gasteiger partial charge in [-0.1, -0.05) is 18.5 Å². The minimum Gasteiger partial charge on any atom is -0.487 e. The van der Waals surface area contributed by atoms with Crippen LogP contribution in [0.1, 0.15) is 70.8 Å². The third-order valence-corrected chi connectivity index (χ3v) is 7.70. The molecule has 2 aliphatic heterocycles. The van der Waals surface area contributed by atoms with Crippen LogP contribution in [0.5, 0.6) is 5.75 Å².